The van der Waals surface area contributed by atoms with Crippen molar-refractivity contribution < 1.29 is 4.79 Å². The number of carbonyl (C=O) groups excluding carboxylic acids is 1. The van der Waals surface area contributed by atoms with Crippen LogP contribution < -0.4 is 10.6 Å². The Morgan fingerprint density at radius 3 is 2.61 bits per heavy atom. The normalized spacial score (nSPS) is 25.8. The van der Waals surface area contributed by atoms with Gasteiger partial charge in [-0.15, -0.1) is 0 Å². The fourth-order valence-corrected chi connectivity index (χ4v) is 4.07. The molecule has 2 aromatic carbocycles. The Labute approximate surface area is 137 Å². The van der Waals surface area contributed by atoms with E-state index in [9.17, 15) is 4.79 Å². The minimum atomic E-state index is -0.416. The van der Waals surface area contributed by atoms with Crippen molar-refractivity contribution in [3.05, 3.63) is 65.7 Å². The van der Waals surface area contributed by atoms with E-state index >= 15 is 0 Å². The van der Waals surface area contributed by atoms with Crippen molar-refractivity contribution in [2.45, 2.75) is 24.7 Å². The quantitative estimate of drug-likeness (QED) is 0.948. The summed E-state index contributed by atoms with van der Waals surface area (Å²) in [4.78, 5) is 15.5. The van der Waals surface area contributed by atoms with Gasteiger partial charge in [0, 0.05) is 12.2 Å². The molecule has 0 aromatic heterocycles. The minimum absolute atomic E-state index is 0.228. The van der Waals surface area contributed by atoms with Gasteiger partial charge in [-0.25, -0.2) is 0 Å². The molecule has 2 aliphatic rings. The Balaban J connectivity index is 1.74. The molecule has 118 valence electrons. The lowest BCUT2D eigenvalue weighted by Gasteiger charge is -2.33. The van der Waals surface area contributed by atoms with E-state index in [4.69, 9.17) is 5.73 Å². The van der Waals surface area contributed by atoms with Crippen LogP contribution in [0.5, 0.6) is 0 Å². The summed E-state index contributed by atoms with van der Waals surface area (Å²) in [5, 5.41) is 0. The van der Waals surface area contributed by atoms with Gasteiger partial charge in [-0.3, -0.25) is 4.79 Å². The van der Waals surface area contributed by atoms with Crippen LogP contribution in [-0.4, -0.2) is 19.0 Å². The number of hydrogen-bond acceptors (Lipinski definition) is 2. The standard InChI is InChI=1S/C20H22N2O/c21-14-17-13-20(17,16-9-2-1-3-10-16)19(23)22-12-6-8-15-7-4-5-11-18(15)22/h1-5,7,9-11,17H,6,8,12-14,21H2. The van der Waals surface area contributed by atoms with Crippen LogP contribution >= 0.6 is 0 Å². The van der Waals surface area contributed by atoms with Crippen LogP contribution in [0.4, 0.5) is 5.69 Å². The van der Waals surface area contributed by atoms with E-state index in [1.54, 1.807) is 0 Å². The molecule has 0 bridgehead atoms. The number of benzene rings is 2. The van der Waals surface area contributed by atoms with E-state index < -0.39 is 5.41 Å². The summed E-state index contributed by atoms with van der Waals surface area (Å²) in [5.74, 6) is 0.484. The summed E-state index contributed by atoms with van der Waals surface area (Å²) in [6.07, 6.45) is 2.95. The first kappa shape index (κ1) is 14.5. The van der Waals surface area contributed by atoms with Crippen molar-refractivity contribution in [1.82, 2.24) is 0 Å². The van der Waals surface area contributed by atoms with E-state index in [1.807, 2.05) is 29.2 Å². The van der Waals surface area contributed by atoms with E-state index in [1.165, 1.54) is 5.56 Å². The molecule has 3 heteroatoms. The average Bonchev–Trinajstić information content (AvgIpc) is 3.37. The van der Waals surface area contributed by atoms with E-state index in [-0.39, 0.29) is 11.8 Å². The smallest absolute Gasteiger partial charge is 0.237 e. The summed E-state index contributed by atoms with van der Waals surface area (Å²) >= 11 is 0. The largest absolute Gasteiger partial charge is 0.330 e. The first-order valence-electron chi connectivity index (χ1n) is 8.43. The number of fused-ring (bicyclic) bond motifs is 1. The molecule has 1 amide bonds. The molecule has 3 nitrogen and oxygen atoms in total. The monoisotopic (exact) mass is 306 g/mol. The second kappa shape index (κ2) is 5.50. The van der Waals surface area contributed by atoms with Crippen molar-refractivity contribution in [1.29, 1.82) is 0 Å². The second-order valence-electron chi connectivity index (χ2n) is 6.66. The van der Waals surface area contributed by atoms with Crippen LogP contribution in [0.3, 0.4) is 0 Å². The van der Waals surface area contributed by atoms with Crippen molar-refractivity contribution in [3.63, 3.8) is 0 Å². The van der Waals surface area contributed by atoms with Gasteiger partial charge in [0.15, 0.2) is 0 Å². The maximum Gasteiger partial charge on any atom is 0.237 e. The number of amides is 1. The number of aryl methyl sites for hydroxylation is 1. The second-order valence-corrected chi connectivity index (χ2v) is 6.66. The van der Waals surface area contributed by atoms with Gasteiger partial charge in [0.25, 0.3) is 0 Å². The summed E-state index contributed by atoms with van der Waals surface area (Å²) in [7, 11) is 0. The highest BCUT2D eigenvalue weighted by Crippen LogP contribution is 2.55. The SMILES string of the molecule is NCC1CC1(C(=O)N1CCCc2ccccc21)c1ccccc1. The fraction of sp³-hybridized carbons (Fsp3) is 0.350. The highest BCUT2D eigenvalue weighted by molar-refractivity contribution is 6.04. The number of carbonyl (C=O) groups is 1. The topological polar surface area (TPSA) is 46.3 Å². The molecular weight excluding hydrogens is 284 g/mol. The first-order valence-corrected chi connectivity index (χ1v) is 8.43. The van der Waals surface area contributed by atoms with Gasteiger partial charge in [0.2, 0.25) is 5.91 Å². The molecule has 1 fully saturated rings. The Bertz CT molecular complexity index is 727. The van der Waals surface area contributed by atoms with Gasteiger partial charge >= 0.3 is 0 Å². The predicted octanol–water partition coefficient (Wildman–Crippen LogP) is 2.88. The average molecular weight is 306 g/mol. The van der Waals surface area contributed by atoms with Gasteiger partial charge in [-0.05, 0) is 48.9 Å². The molecule has 2 atom stereocenters. The van der Waals surface area contributed by atoms with Gasteiger partial charge in [-0.1, -0.05) is 48.5 Å². The van der Waals surface area contributed by atoms with Crippen molar-refractivity contribution in [2.75, 3.05) is 18.0 Å². The van der Waals surface area contributed by atoms with Crippen LogP contribution in [0.1, 0.15) is 24.0 Å². The number of para-hydroxylation sites is 1. The van der Waals surface area contributed by atoms with Crippen LogP contribution in [0, 0.1) is 5.92 Å². The van der Waals surface area contributed by atoms with Gasteiger partial charge < -0.3 is 10.6 Å². The lowest BCUT2D eigenvalue weighted by atomic mass is 9.90. The van der Waals surface area contributed by atoms with Crippen LogP contribution in [0.2, 0.25) is 0 Å². The number of anilines is 1. The molecule has 1 saturated carbocycles. The summed E-state index contributed by atoms with van der Waals surface area (Å²) in [5.41, 5.74) is 9.00. The molecule has 4 rings (SSSR count). The third-order valence-electron chi connectivity index (χ3n) is 5.42. The molecule has 0 radical (unpaired) electrons. The minimum Gasteiger partial charge on any atom is -0.330 e. The van der Waals surface area contributed by atoms with Crippen molar-refractivity contribution in [2.24, 2.45) is 11.7 Å². The summed E-state index contributed by atoms with van der Waals surface area (Å²) < 4.78 is 0. The molecule has 1 aliphatic carbocycles. The molecule has 2 N–H and O–H groups in total. The number of hydrogen-bond donors (Lipinski definition) is 1. The first-order chi connectivity index (χ1) is 11.3. The maximum atomic E-state index is 13.5. The third-order valence-corrected chi connectivity index (χ3v) is 5.42. The Hall–Kier alpha value is -2.13. The van der Waals surface area contributed by atoms with Gasteiger partial charge in [0.1, 0.15) is 0 Å². The lowest BCUT2D eigenvalue weighted by molar-refractivity contribution is -0.121. The zero-order chi connectivity index (χ0) is 15.9. The zero-order valence-corrected chi connectivity index (χ0v) is 13.2. The Morgan fingerprint density at radius 1 is 1.13 bits per heavy atom. The molecule has 2 unspecified atom stereocenters. The molecule has 1 heterocycles. The zero-order valence-electron chi connectivity index (χ0n) is 13.2. The fourth-order valence-electron chi connectivity index (χ4n) is 4.07. The van der Waals surface area contributed by atoms with Crippen LogP contribution in [0.25, 0.3) is 0 Å². The molecule has 2 aromatic rings. The molecule has 0 saturated heterocycles. The van der Waals surface area contributed by atoms with Gasteiger partial charge in [-0.2, -0.15) is 0 Å². The Morgan fingerprint density at radius 2 is 1.87 bits per heavy atom. The van der Waals surface area contributed by atoms with Crippen molar-refractivity contribution in [3.8, 4) is 0 Å². The van der Waals surface area contributed by atoms with Crippen LogP contribution in [-0.2, 0) is 16.6 Å². The number of nitrogens with zero attached hydrogens (tertiary/aromatic N) is 1. The van der Waals surface area contributed by atoms with E-state index in [0.717, 1.165) is 37.1 Å². The van der Waals surface area contributed by atoms with Crippen LogP contribution in [0.15, 0.2) is 54.6 Å². The molecule has 1 aliphatic heterocycles. The highest BCUT2D eigenvalue weighted by Gasteiger charge is 2.61. The predicted molar refractivity (Wildman–Crippen MR) is 92.4 cm³/mol. The van der Waals surface area contributed by atoms with E-state index in [0.29, 0.717) is 6.54 Å². The third kappa shape index (κ3) is 2.19. The summed E-state index contributed by atoms with van der Waals surface area (Å²) in [6.45, 7) is 1.37. The molecule has 0 spiro atoms. The van der Waals surface area contributed by atoms with Gasteiger partial charge in [0.05, 0.1) is 5.41 Å². The lowest BCUT2D eigenvalue weighted by Crippen LogP contribution is -2.43. The molecular formula is C20H22N2O. The van der Waals surface area contributed by atoms with Crippen molar-refractivity contribution >= 4 is 11.6 Å². The van der Waals surface area contributed by atoms with E-state index in [2.05, 4.69) is 30.3 Å². The highest BCUT2D eigenvalue weighted by atomic mass is 16.2. The summed E-state index contributed by atoms with van der Waals surface area (Å²) in [6, 6.07) is 18.5. The Kier molecular flexibility index (Phi) is 3.46. The molecule has 23 heavy (non-hydrogen) atoms. The number of rotatable bonds is 3. The number of nitrogens with two attached hydrogens (primary N) is 1. The maximum absolute atomic E-state index is 13.5.